The third-order valence-corrected chi connectivity index (χ3v) is 4.30. The van der Waals surface area contributed by atoms with E-state index in [0.717, 1.165) is 37.8 Å². The predicted molar refractivity (Wildman–Crippen MR) is 73.2 cm³/mol. The highest BCUT2D eigenvalue weighted by molar-refractivity contribution is 5.00. The fourth-order valence-electron chi connectivity index (χ4n) is 3.34. The van der Waals surface area contributed by atoms with Crippen molar-refractivity contribution in [2.75, 3.05) is 19.8 Å². The number of nitrogens with one attached hydrogen (secondary N) is 1. The lowest BCUT2D eigenvalue weighted by molar-refractivity contribution is 0.0758. The molecule has 0 radical (unpaired) electrons. The van der Waals surface area contributed by atoms with Crippen LogP contribution in [0.25, 0.3) is 0 Å². The summed E-state index contributed by atoms with van der Waals surface area (Å²) in [6, 6.07) is 1.00. The van der Waals surface area contributed by atoms with Crippen molar-refractivity contribution in [3.05, 3.63) is 11.6 Å². The molecule has 5 heteroatoms. The van der Waals surface area contributed by atoms with Crippen LogP contribution >= 0.6 is 0 Å². The molecule has 1 N–H and O–H groups in total. The third kappa shape index (κ3) is 2.98. The van der Waals surface area contributed by atoms with Gasteiger partial charge in [0, 0.05) is 25.0 Å². The second-order valence-electron chi connectivity index (χ2n) is 5.76. The van der Waals surface area contributed by atoms with Crippen molar-refractivity contribution < 1.29 is 4.74 Å². The van der Waals surface area contributed by atoms with Crippen LogP contribution in [0, 0.1) is 6.92 Å². The number of aryl methyl sites for hydroxylation is 1. The van der Waals surface area contributed by atoms with Gasteiger partial charge in [0.05, 0.1) is 13.2 Å². The number of hydrogen-bond donors (Lipinski definition) is 1. The van der Waals surface area contributed by atoms with E-state index in [2.05, 4.69) is 27.0 Å². The fourth-order valence-corrected chi connectivity index (χ4v) is 3.34. The van der Waals surface area contributed by atoms with Crippen LogP contribution in [0.5, 0.6) is 0 Å². The standard InChI is InChI=1S/C14H24N4O/c1-11-16-17-14(9-12-10-19-8-7-15-12)18(11)13-5-3-2-4-6-13/h12-13,15H,2-10H2,1H3. The summed E-state index contributed by atoms with van der Waals surface area (Å²) >= 11 is 0. The first-order chi connectivity index (χ1) is 9.34. The summed E-state index contributed by atoms with van der Waals surface area (Å²) in [5.41, 5.74) is 0. The molecule has 1 unspecified atom stereocenters. The maximum Gasteiger partial charge on any atom is 0.134 e. The summed E-state index contributed by atoms with van der Waals surface area (Å²) < 4.78 is 7.91. The number of hydrogen-bond acceptors (Lipinski definition) is 4. The topological polar surface area (TPSA) is 52.0 Å². The molecule has 0 spiro atoms. The zero-order chi connectivity index (χ0) is 13.1. The predicted octanol–water partition coefficient (Wildman–Crippen LogP) is 1.62. The first-order valence-electron chi connectivity index (χ1n) is 7.56. The van der Waals surface area contributed by atoms with Crippen LogP contribution in [0.2, 0.25) is 0 Å². The summed E-state index contributed by atoms with van der Waals surface area (Å²) in [5.74, 6) is 2.20. The molecule has 1 aliphatic carbocycles. The molecule has 1 saturated carbocycles. The molecule has 5 nitrogen and oxygen atoms in total. The molecule has 2 fully saturated rings. The second-order valence-corrected chi connectivity index (χ2v) is 5.76. The highest BCUT2D eigenvalue weighted by atomic mass is 16.5. The van der Waals surface area contributed by atoms with Gasteiger partial charge in [-0.15, -0.1) is 10.2 Å². The number of nitrogens with zero attached hydrogens (tertiary/aromatic N) is 3. The van der Waals surface area contributed by atoms with E-state index >= 15 is 0 Å². The molecule has 1 aliphatic heterocycles. The van der Waals surface area contributed by atoms with E-state index in [4.69, 9.17) is 4.74 Å². The molecule has 0 aromatic carbocycles. The Hall–Kier alpha value is -0.940. The largest absolute Gasteiger partial charge is 0.379 e. The van der Waals surface area contributed by atoms with Gasteiger partial charge in [0.15, 0.2) is 0 Å². The molecule has 1 atom stereocenters. The smallest absolute Gasteiger partial charge is 0.134 e. The van der Waals surface area contributed by atoms with Crippen LogP contribution in [-0.4, -0.2) is 40.6 Å². The summed E-state index contributed by atoms with van der Waals surface area (Å²) in [4.78, 5) is 0. The van der Waals surface area contributed by atoms with E-state index in [1.54, 1.807) is 0 Å². The third-order valence-electron chi connectivity index (χ3n) is 4.30. The SMILES string of the molecule is Cc1nnc(CC2COCCN2)n1C1CCCCC1. The highest BCUT2D eigenvalue weighted by Gasteiger charge is 2.23. The molecule has 1 saturated heterocycles. The van der Waals surface area contributed by atoms with Crippen molar-refractivity contribution in [2.45, 2.75) is 57.5 Å². The van der Waals surface area contributed by atoms with Crippen LogP contribution in [0.3, 0.4) is 0 Å². The van der Waals surface area contributed by atoms with E-state index in [1.165, 1.54) is 32.1 Å². The maximum atomic E-state index is 5.53. The minimum atomic E-state index is 0.389. The normalized spacial score (nSPS) is 25.6. The molecule has 0 bridgehead atoms. The van der Waals surface area contributed by atoms with Crippen LogP contribution < -0.4 is 5.32 Å². The molecule has 3 rings (SSSR count). The average Bonchev–Trinajstić information content (AvgIpc) is 2.82. The van der Waals surface area contributed by atoms with E-state index in [9.17, 15) is 0 Å². The van der Waals surface area contributed by atoms with Gasteiger partial charge in [-0.2, -0.15) is 0 Å². The molecule has 0 amide bonds. The maximum absolute atomic E-state index is 5.53. The fraction of sp³-hybridized carbons (Fsp3) is 0.857. The minimum Gasteiger partial charge on any atom is -0.379 e. The van der Waals surface area contributed by atoms with Crippen molar-refractivity contribution >= 4 is 0 Å². The Balaban J connectivity index is 1.73. The van der Waals surface area contributed by atoms with Crippen molar-refractivity contribution in [3.63, 3.8) is 0 Å². The minimum absolute atomic E-state index is 0.389. The number of morpholine rings is 1. The Morgan fingerprint density at radius 1 is 1.26 bits per heavy atom. The van der Waals surface area contributed by atoms with Crippen molar-refractivity contribution in [2.24, 2.45) is 0 Å². The van der Waals surface area contributed by atoms with Crippen LogP contribution in [0.1, 0.15) is 49.8 Å². The molecule has 1 aromatic heterocycles. The van der Waals surface area contributed by atoms with Gasteiger partial charge in [-0.1, -0.05) is 19.3 Å². The van der Waals surface area contributed by atoms with Gasteiger partial charge < -0.3 is 14.6 Å². The van der Waals surface area contributed by atoms with Crippen molar-refractivity contribution in [1.82, 2.24) is 20.1 Å². The zero-order valence-electron chi connectivity index (χ0n) is 11.8. The van der Waals surface area contributed by atoms with E-state index in [1.807, 2.05) is 0 Å². The summed E-state index contributed by atoms with van der Waals surface area (Å²) in [6.07, 6.45) is 7.54. The Labute approximate surface area is 114 Å². The van der Waals surface area contributed by atoms with Crippen LogP contribution in [0.15, 0.2) is 0 Å². The Morgan fingerprint density at radius 3 is 2.84 bits per heavy atom. The first kappa shape index (κ1) is 13.1. The summed E-state index contributed by atoms with van der Waals surface area (Å²) in [6.45, 7) is 4.64. The van der Waals surface area contributed by atoms with Crippen molar-refractivity contribution in [3.8, 4) is 0 Å². The average molecular weight is 264 g/mol. The van der Waals surface area contributed by atoms with Gasteiger partial charge >= 0.3 is 0 Å². The van der Waals surface area contributed by atoms with Crippen LogP contribution in [-0.2, 0) is 11.2 Å². The molecular formula is C14H24N4O. The highest BCUT2D eigenvalue weighted by Crippen LogP contribution is 2.30. The molecule has 19 heavy (non-hydrogen) atoms. The Morgan fingerprint density at radius 2 is 2.11 bits per heavy atom. The Kier molecular flexibility index (Phi) is 4.13. The lowest BCUT2D eigenvalue weighted by atomic mass is 9.95. The van der Waals surface area contributed by atoms with E-state index in [0.29, 0.717) is 12.1 Å². The second kappa shape index (κ2) is 6.01. The molecule has 2 heterocycles. The number of ether oxygens (including phenoxy) is 1. The van der Waals surface area contributed by atoms with Crippen LogP contribution in [0.4, 0.5) is 0 Å². The quantitative estimate of drug-likeness (QED) is 0.901. The van der Waals surface area contributed by atoms with Crippen molar-refractivity contribution in [1.29, 1.82) is 0 Å². The lowest BCUT2D eigenvalue weighted by Gasteiger charge is -2.27. The lowest BCUT2D eigenvalue weighted by Crippen LogP contribution is -2.43. The summed E-state index contributed by atoms with van der Waals surface area (Å²) in [5, 5.41) is 12.2. The number of aromatic nitrogens is 3. The molecular weight excluding hydrogens is 240 g/mol. The Bertz CT molecular complexity index is 406. The van der Waals surface area contributed by atoms with Gasteiger partial charge in [0.2, 0.25) is 0 Å². The van der Waals surface area contributed by atoms with E-state index in [-0.39, 0.29) is 0 Å². The van der Waals surface area contributed by atoms with Gasteiger partial charge in [0.1, 0.15) is 11.6 Å². The van der Waals surface area contributed by atoms with Gasteiger partial charge in [-0.05, 0) is 19.8 Å². The molecule has 1 aromatic rings. The zero-order valence-corrected chi connectivity index (χ0v) is 11.8. The number of rotatable bonds is 3. The van der Waals surface area contributed by atoms with Gasteiger partial charge in [-0.3, -0.25) is 0 Å². The van der Waals surface area contributed by atoms with Gasteiger partial charge in [0.25, 0.3) is 0 Å². The molecule has 2 aliphatic rings. The van der Waals surface area contributed by atoms with E-state index < -0.39 is 0 Å². The monoisotopic (exact) mass is 264 g/mol. The van der Waals surface area contributed by atoms with Gasteiger partial charge in [-0.25, -0.2) is 0 Å². The summed E-state index contributed by atoms with van der Waals surface area (Å²) in [7, 11) is 0. The molecule has 106 valence electrons. The first-order valence-corrected chi connectivity index (χ1v) is 7.56.